The Morgan fingerprint density at radius 1 is 1.06 bits per heavy atom. The molecule has 0 radical (unpaired) electrons. The van der Waals surface area contributed by atoms with Crippen molar-refractivity contribution in [3.05, 3.63) is 28.1 Å². The van der Waals surface area contributed by atoms with Gasteiger partial charge in [0.25, 0.3) is 5.22 Å². The minimum atomic E-state index is -0.494. The second kappa shape index (κ2) is 10.6. The zero-order valence-electron chi connectivity index (χ0n) is 18.9. The van der Waals surface area contributed by atoms with Crippen molar-refractivity contribution in [1.82, 2.24) is 10.2 Å². The lowest BCUT2D eigenvalue weighted by molar-refractivity contribution is -0.113. The van der Waals surface area contributed by atoms with E-state index >= 15 is 0 Å². The van der Waals surface area contributed by atoms with Gasteiger partial charge in [-0.1, -0.05) is 11.8 Å². The summed E-state index contributed by atoms with van der Waals surface area (Å²) in [6.07, 6.45) is 0. The summed E-state index contributed by atoms with van der Waals surface area (Å²) in [5, 5.41) is 11.4. The number of nitrogens with zero attached hydrogens (tertiary/aromatic N) is 2. The first-order valence-electron chi connectivity index (χ1n) is 9.57. The molecule has 0 aliphatic rings. The fourth-order valence-corrected chi connectivity index (χ4v) is 4.57. The molecule has 2 heterocycles. The van der Waals surface area contributed by atoms with E-state index in [4.69, 9.17) is 23.4 Å². The first-order chi connectivity index (χ1) is 15.8. The lowest BCUT2D eigenvalue weighted by Crippen LogP contribution is -2.16. The van der Waals surface area contributed by atoms with Crippen LogP contribution in [0.1, 0.15) is 20.8 Å². The van der Waals surface area contributed by atoms with E-state index in [1.54, 1.807) is 12.1 Å². The van der Waals surface area contributed by atoms with Crippen molar-refractivity contribution < 1.29 is 33.0 Å². The van der Waals surface area contributed by atoms with Crippen LogP contribution in [-0.2, 0) is 9.53 Å². The highest BCUT2D eigenvalue weighted by Gasteiger charge is 2.22. The van der Waals surface area contributed by atoms with Gasteiger partial charge in [-0.3, -0.25) is 4.79 Å². The Labute approximate surface area is 198 Å². The van der Waals surface area contributed by atoms with Gasteiger partial charge >= 0.3 is 5.97 Å². The van der Waals surface area contributed by atoms with Crippen LogP contribution in [0.15, 0.2) is 21.8 Å². The smallest absolute Gasteiger partial charge is 0.341 e. The summed E-state index contributed by atoms with van der Waals surface area (Å²) in [4.78, 5) is 25.5. The van der Waals surface area contributed by atoms with Crippen molar-refractivity contribution in [2.75, 3.05) is 39.5 Å². The molecule has 12 heteroatoms. The van der Waals surface area contributed by atoms with Crippen molar-refractivity contribution in [2.24, 2.45) is 0 Å². The summed E-state index contributed by atoms with van der Waals surface area (Å²) in [7, 11) is 5.84. The summed E-state index contributed by atoms with van der Waals surface area (Å²) in [5.74, 6) is 0.761. The zero-order chi connectivity index (χ0) is 24.1. The van der Waals surface area contributed by atoms with Crippen LogP contribution in [-0.4, -0.2) is 56.3 Å². The molecular weight excluding hydrogens is 470 g/mol. The molecule has 0 aliphatic carbocycles. The number of carbonyl (C=O) groups excluding carboxylic acids is 2. The fourth-order valence-electron chi connectivity index (χ4n) is 2.94. The van der Waals surface area contributed by atoms with E-state index in [0.29, 0.717) is 33.4 Å². The fraction of sp³-hybridized carbons (Fsp3) is 0.333. The number of nitrogens with one attached hydrogen (secondary N) is 1. The summed E-state index contributed by atoms with van der Waals surface area (Å²) in [6.45, 7) is 3.69. The van der Waals surface area contributed by atoms with Gasteiger partial charge in [-0.05, 0) is 31.5 Å². The second-order valence-electron chi connectivity index (χ2n) is 6.60. The van der Waals surface area contributed by atoms with Gasteiger partial charge in [0.1, 0.15) is 5.00 Å². The number of hydrogen-bond acceptors (Lipinski definition) is 11. The Balaban J connectivity index is 1.71. The van der Waals surface area contributed by atoms with Crippen LogP contribution in [0, 0.1) is 13.8 Å². The van der Waals surface area contributed by atoms with Gasteiger partial charge in [0.05, 0.1) is 39.8 Å². The predicted octanol–water partition coefficient (Wildman–Crippen LogP) is 3.96. The van der Waals surface area contributed by atoms with E-state index in [0.717, 1.165) is 22.2 Å². The Morgan fingerprint density at radius 2 is 1.73 bits per heavy atom. The first kappa shape index (κ1) is 24.4. The largest absolute Gasteiger partial charge is 0.493 e. The SMILES string of the molecule is COC(=O)c1c(NC(=O)CSc2nnc(-c3cc(OC)c(OC)c(OC)c3)o2)sc(C)c1C. The number of esters is 1. The maximum absolute atomic E-state index is 12.5. The Morgan fingerprint density at radius 3 is 2.30 bits per heavy atom. The molecule has 0 bridgehead atoms. The van der Waals surface area contributed by atoms with E-state index in [1.165, 1.54) is 39.8 Å². The molecule has 1 aromatic carbocycles. The van der Waals surface area contributed by atoms with Crippen LogP contribution in [0.4, 0.5) is 5.00 Å². The molecule has 0 spiro atoms. The number of aryl methyl sites for hydroxylation is 1. The van der Waals surface area contributed by atoms with E-state index in [1.807, 2.05) is 13.8 Å². The van der Waals surface area contributed by atoms with E-state index < -0.39 is 5.97 Å². The van der Waals surface area contributed by atoms with Crippen LogP contribution in [0.3, 0.4) is 0 Å². The molecule has 10 nitrogen and oxygen atoms in total. The number of aromatic nitrogens is 2. The monoisotopic (exact) mass is 493 g/mol. The number of hydrogen-bond donors (Lipinski definition) is 1. The molecule has 1 amide bonds. The molecule has 0 fully saturated rings. The molecule has 3 rings (SSSR count). The Hall–Kier alpha value is -3.25. The van der Waals surface area contributed by atoms with Gasteiger partial charge in [-0.2, -0.15) is 0 Å². The lowest BCUT2D eigenvalue weighted by Gasteiger charge is -2.12. The molecule has 33 heavy (non-hydrogen) atoms. The molecule has 3 aromatic rings. The van der Waals surface area contributed by atoms with Gasteiger partial charge in [0.15, 0.2) is 11.5 Å². The summed E-state index contributed by atoms with van der Waals surface area (Å²) < 4.78 is 26.5. The summed E-state index contributed by atoms with van der Waals surface area (Å²) in [5.41, 5.74) is 1.71. The number of benzene rings is 1. The van der Waals surface area contributed by atoms with Crippen LogP contribution in [0.5, 0.6) is 17.2 Å². The number of ether oxygens (including phenoxy) is 4. The molecule has 1 N–H and O–H groups in total. The zero-order valence-corrected chi connectivity index (χ0v) is 20.6. The number of thioether (sulfide) groups is 1. The van der Waals surface area contributed by atoms with Crippen LogP contribution in [0.2, 0.25) is 0 Å². The topological polar surface area (TPSA) is 122 Å². The number of amides is 1. The van der Waals surface area contributed by atoms with Crippen molar-refractivity contribution in [2.45, 2.75) is 19.1 Å². The van der Waals surface area contributed by atoms with Gasteiger partial charge in [0, 0.05) is 10.4 Å². The lowest BCUT2D eigenvalue weighted by atomic mass is 10.1. The third-order valence-electron chi connectivity index (χ3n) is 4.67. The number of thiophene rings is 1. The minimum absolute atomic E-state index is 0.00744. The molecule has 0 saturated carbocycles. The molecule has 0 saturated heterocycles. The van der Waals surface area contributed by atoms with Crippen molar-refractivity contribution in [3.8, 4) is 28.7 Å². The number of carbonyl (C=O) groups is 2. The molecule has 0 aliphatic heterocycles. The van der Waals surface area contributed by atoms with Crippen molar-refractivity contribution >= 4 is 40.0 Å². The number of methoxy groups -OCH3 is 4. The summed E-state index contributed by atoms with van der Waals surface area (Å²) >= 11 is 2.39. The quantitative estimate of drug-likeness (QED) is 0.346. The third kappa shape index (κ3) is 5.22. The third-order valence-corrected chi connectivity index (χ3v) is 6.61. The van der Waals surface area contributed by atoms with Gasteiger partial charge in [-0.15, -0.1) is 21.5 Å². The highest BCUT2D eigenvalue weighted by molar-refractivity contribution is 7.99. The second-order valence-corrected chi connectivity index (χ2v) is 8.75. The van der Waals surface area contributed by atoms with Crippen LogP contribution in [0.25, 0.3) is 11.5 Å². The van der Waals surface area contributed by atoms with Crippen LogP contribution < -0.4 is 19.5 Å². The molecule has 2 aromatic heterocycles. The highest BCUT2D eigenvalue weighted by Crippen LogP contribution is 2.41. The highest BCUT2D eigenvalue weighted by atomic mass is 32.2. The minimum Gasteiger partial charge on any atom is -0.493 e. The molecule has 0 atom stereocenters. The standard InChI is InChI=1S/C21H23N3O7S2/c1-10-11(2)33-19(16(10)20(26)30-6)22-15(25)9-32-21-24-23-18(31-21)12-7-13(27-3)17(29-5)14(8-12)28-4/h7-8H,9H2,1-6H3,(H,22,25). The van der Waals surface area contributed by atoms with Gasteiger partial charge in [-0.25, -0.2) is 4.79 Å². The summed E-state index contributed by atoms with van der Waals surface area (Å²) in [6, 6.07) is 3.37. The first-order valence-corrected chi connectivity index (χ1v) is 11.4. The molecule has 176 valence electrons. The van der Waals surface area contributed by atoms with E-state index in [-0.39, 0.29) is 22.8 Å². The average molecular weight is 494 g/mol. The normalized spacial score (nSPS) is 10.6. The molecule has 0 unspecified atom stereocenters. The Bertz CT molecular complexity index is 1150. The number of anilines is 1. The number of rotatable bonds is 9. The average Bonchev–Trinajstić information content (AvgIpc) is 3.40. The van der Waals surface area contributed by atoms with E-state index in [9.17, 15) is 9.59 Å². The maximum atomic E-state index is 12.5. The van der Waals surface area contributed by atoms with E-state index in [2.05, 4.69) is 15.5 Å². The van der Waals surface area contributed by atoms with Crippen molar-refractivity contribution in [3.63, 3.8) is 0 Å². The van der Waals surface area contributed by atoms with Gasteiger partial charge in [0.2, 0.25) is 17.5 Å². The Kier molecular flexibility index (Phi) is 7.82. The van der Waals surface area contributed by atoms with Crippen LogP contribution >= 0.6 is 23.1 Å². The van der Waals surface area contributed by atoms with Crippen molar-refractivity contribution in [1.29, 1.82) is 0 Å². The molecular formula is C21H23N3O7S2. The predicted molar refractivity (Wildman–Crippen MR) is 124 cm³/mol. The van der Waals surface area contributed by atoms with Gasteiger partial charge < -0.3 is 28.7 Å². The maximum Gasteiger partial charge on any atom is 0.341 e.